The number of oxime groups is 1. The van der Waals surface area contributed by atoms with E-state index in [0.29, 0.717) is 18.6 Å². The number of ketones is 1. The van der Waals surface area contributed by atoms with Crippen LogP contribution in [0.25, 0.3) is 0 Å². The van der Waals surface area contributed by atoms with E-state index in [-0.39, 0.29) is 23.9 Å². The van der Waals surface area contributed by atoms with E-state index in [0.717, 1.165) is 0 Å². The van der Waals surface area contributed by atoms with E-state index >= 15 is 0 Å². The summed E-state index contributed by atoms with van der Waals surface area (Å²) in [5.74, 6) is -1.79. The Hall–Kier alpha value is -2.21. The smallest absolute Gasteiger partial charge is 0.327 e. The molecule has 3 rings (SSSR count). The van der Waals surface area contributed by atoms with Gasteiger partial charge in [0.15, 0.2) is 0 Å². The Morgan fingerprint density at radius 3 is 2.90 bits per heavy atom. The van der Waals surface area contributed by atoms with Crippen LogP contribution in [-0.4, -0.2) is 34.9 Å². The fourth-order valence-electron chi connectivity index (χ4n) is 2.45. The first-order valence-electron chi connectivity index (χ1n) is 6.51. The highest BCUT2D eigenvalue weighted by Crippen LogP contribution is 2.38. The Morgan fingerprint density at radius 2 is 2.20 bits per heavy atom. The van der Waals surface area contributed by atoms with E-state index in [9.17, 15) is 9.59 Å². The third-order valence-electron chi connectivity index (χ3n) is 3.34. The number of ether oxygens (including phenoxy) is 1. The number of hydrogen-bond donors (Lipinski definition) is 0. The summed E-state index contributed by atoms with van der Waals surface area (Å²) in [6, 6.07) is 8.67. The largest absolute Gasteiger partial charge is 0.336 e. The number of carbonyl (C=O) groups is 2. The number of nitrogens with zero attached hydrogens (tertiary/aromatic N) is 2. The van der Waals surface area contributed by atoms with Crippen molar-refractivity contribution in [3.8, 4) is 0 Å². The number of hydrogen-bond acceptors (Lipinski definition) is 5. The summed E-state index contributed by atoms with van der Waals surface area (Å²) in [5.41, 5.74) is 0.460. The van der Waals surface area contributed by atoms with E-state index in [4.69, 9.17) is 9.57 Å². The molecule has 0 radical (unpaired) electrons. The molecule has 0 saturated carbocycles. The Balaban J connectivity index is 1.92. The van der Waals surface area contributed by atoms with Crippen molar-refractivity contribution >= 4 is 17.5 Å². The van der Waals surface area contributed by atoms with Gasteiger partial charge in [-0.2, -0.15) is 0 Å². The Labute approximate surface area is 115 Å². The molecule has 0 N–H and O–H groups in total. The number of Topliss-reactive ketones (excluding diaryl/α,β-unsaturated/α-hetero) is 1. The van der Waals surface area contributed by atoms with Crippen LogP contribution in [0.4, 0.5) is 0 Å². The lowest BCUT2D eigenvalue weighted by Crippen LogP contribution is -2.49. The van der Waals surface area contributed by atoms with Gasteiger partial charge in [-0.25, -0.2) is 4.90 Å². The van der Waals surface area contributed by atoms with Crippen LogP contribution in [0.15, 0.2) is 35.5 Å². The number of fused-ring (bicyclic) bond motifs is 1. The minimum absolute atomic E-state index is 0.00727. The zero-order valence-electron chi connectivity index (χ0n) is 11.0. The van der Waals surface area contributed by atoms with Crippen molar-refractivity contribution in [2.45, 2.75) is 25.7 Å². The van der Waals surface area contributed by atoms with Crippen molar-refractivity contribution in [1.29, 1.82) is 0 Å². The summed E-state index contributed by atoms with van der Waals surface area (Å²) in [6.45, 7) is 2.17. The van der Waals surface area contributed by atoms with E-state index in [2.05, 4.69) is 5.16 Å². The summed E-state index contributed by atoms with van der Waals surface area (Å²) in [7, 11) is 0. The molecule has 6 nitrogen and oxygen atoms in total. The lowest BCUT2D eigenvalue weighted by atomic mass is 10.1. The monoisotopic (exact) mass is 274 g/mol. The number of carbonyl (C=O) groups excluding carboxylic acids is 2. The van der Waals surface area contributed by atoms with Crippen LogP contribution in [0, 0.1) is 0 Å². The molecule has 2 aliphatic heterocycles. The molecule has 0 spiro atoms. The normalized spacial score (nSPS) is 24.4. The second-order valence-corrected chi connectivity index (χ2v) is 4.58. The van der Waals surface area contributed by atoms with Gasteiger partial charge in [0.25, 0.3) is 0 Å². The zero-order chi connectivity index (χ0) is 14.2. The molecule has 0 aliphatic carbocycles. The zero-order valence-corrected chi connectivity index (χ0v) is 11.0. The lowest BCUT2D eigenvalue weighted by molar-refractivity contribution is -0.264. The molecular formula is C14H14N2O4. The molecule has 0 bridgehead atoms. The average Bonchev–Trinajstić information content (AvgIpc) is 2.99. The molecule has 2 aliphatic rings. The first-order valence-corrected chi connectivity index (χ1v) is 6.51. The molecule has 20 heavy (non-hydrogen) atoms. The maximum Gasteiger partial charge on any atom is 0.327 e. The number of amidine groups is 1. The van der Waals surface area contributed by atoms with Crippen molar-refractivity contribution in [3.05, 3.63) is 35.9 Å². The highest BCUT2D eigenvalue weighted by Gasteiger charge is 2.57. The topological polar surface area (TPSA) is 68.2 Å². The van der Waals surface area contributed by atoms with Gasteiger partial charge >= 0.3 is 5.91 Å². The second-order valence-electron chi connectivity index (χ2n) is 4.58. The van der Waals surface area contributed by atoms with Gasteiger partial charge in [0.2, 0.25) is 17.5 Å². The highest BCUT2D eigenvalue weighted by molar-refractivity contribution is 6.47. The van der Waals surface area contributed by atoms with Gasteiger partial charge in [0.1, 0.15) is 0 Å². The maximum absolute atomic E-state index is 12.4. The fourth-order valence-corrected chi connectivity index (χ4v) is 2.45. The first kappa shape index (κ1) is 12.8. The van der Waals surface area contributed by atoms with Gasteiger partial charge in [-0.05, 0) is 6.92 Å². The highest BCUT2D eigenvalue weighted by atomic mass is 16.8. The Morgan fingerprint density at radius 1 is 1.45 bits per heavy atom. The van der Waals surface area contributed by atoms with Gasteiger partial charge in [0.05, 0.1) is 6.61 Å². The molecule has 1 unspecified atom stereocenters. The van der Waals surface area contributed by atoms with Crippen LogP contribution < -0.4 is 0 Å². The van der Waals surface area contributed by atoms with E-state index < -0.39 is 5.91 Å². The SMILES string of the molecule is CCOC12CCC(=O)N1C(C(=O)c1ccccc1)=NO2. The van der Waals surface area contributed by atoms with Crippen LogP contribution in [0.2, 0.25) is 0 Å². The molecule has 6 heteroatoms. The van der Waals surface area contributed by atoms with Gasteiger partial charge in [0, 0.05) is 18.4 Å². The molecule has 104 valence electrons. The molecule has 1 aromatic carbocycles. The molecule has 1 amide bonds. The standard InChI is InChI=1S/C14H14N2O4/c1-2-19-14-9-8-11(17)16(14)13(15-20-14)12(18)10-6-4-3-5-7-10/h3-7H,2,8-9H2,1H3. The quantitative estimate of drug-likeness (QED) is 0.781. The first-order chi connectivity index (χ1) is 9.68. The van der Waals surface area contributed by atoms with Crippen molar-refractivity contribution in [2.24, 2.45) is 5.16 Å². The number of amides is 1. The van der Waals surface area contributed by atoms with E-state index in [1.807, 2.05) is 6.07 Å². The minimum Gasteiger partial charge on any atom is -0.336 e. The molecule has 1 fully saturated rings. The van der Waals surface area contributed by atoms with Gasteiger partial charge in [-0.3, -0.25) is 9.59 Å². The fraction of sp³-hybridized carbons (Fsp3) is 0.357. The molecular weight excluding hydrogens is 260 g/mol. The minimum atomic E-state index is -1.23. The molecule has 1 atom stereocenters. The average molecular weight is 274 g/mol. The van der Waals surface area contributed by atoms with Crippen molar-refractivity contribution < 1.29 is 19.2 Å². The van der Waals surface area contributed by atoms with Crippen molar-refractivity contribution in [2.75, 3.05) is 6.61 Å². The van der Waals surface area contributed by atoms with Crippen molar-refractivity contribution in [1.82, 2.24) is 4.90 Å². The van der Waals surface area contributed by atoms with Gasteiger partial charge < -0.3 is 9.57 Å². The predicted molar refractivity (Wildman–Crippen MR) is 69.7 cm³/mol. The molecule has 2 heterocycles. The van der Waals surface area contributed by atoms with Crippen LogP contribution in [-0.2, 0) is 14.4 Å². The summed E-state index contributed by atoms with van der Waals surface area (Å²) in [5, 5.41) is 3.78. The van der Waals surface area contributed by atoms with Gasteiger partial charge in [-0.15, -0.1) is 0 Å². The second kappa shape index (κ2) is 4.72. The van der Waals surface area contributed by atoms with E-state index in [1.165, 1.54) is 4.90 Å². The molecule has 1 saturated heterocycles. The summed E-state index contributed by atoms with van der Waals surface area (Å²) in [4.78, 5) is 31.0. The summed E-state index contributed by atoms with van der Waals surface area (Å²) < 4.78 is 5.52. The lowest BCUT2D eigenvalue weighted by Gasteiger charge is -2.27. The molecule has 1 aromatic rings. The van der Waals surface area contributed by atoms with Crippen LogP contribution in [0.1, 0.15) is 30.1 Å². The summed E-state index contributed by atoms with van der Waals surface area (Å²) >= 11 is 0. The van der Waals surface area contributed by atoms with E-state index in [1.54, 1.807) is 31.2 Å². The number of benzene rings is 1. The third-order valence-corrected chi connectivity index (χ3v) is 3.34. The summed E-state index contributed by atoms with van der Waals surface area (Å²) in [6.07, 6.45) is 0.649. The Kier molecular flexibility index (Phi) is 3.02. The predicted octanol–water partition coefficient (Wildman–Crippen LogP) is 1.53. The van der Waals surface area contributed by atoms with Gasteiger partial charge in [-0.1, -0.05) is 35.5 Å². The van der Waals surface area contributed by atoms with Crippen molar-refractivity contribution in [3.63, 3.8) is 0 Å². The third kappa shape index (κ3) is 1.80. The van der Waals surface area contributed by atoms with Crippen LogP contribution in [0.5, 0.6) is 0 Å². The number of rotatable bonds is 4. The van der Waals surface area contributed by atoms with Crippen LogP contribution >= 0.6 is 0 Å². The molecule has 0 aromatic heterocycles. The van der Waals surface area contributed by atoms with Crippen LogP contribution in [0.3, 0.4) is 0 Å². The Bertz CT molecular complexity index is 584. The maximum atomic E-state index is 12.4.